The molecule has 6 nitrogen and oxygen atoms in total. The van der Waals surface area contributed by atoms with Crippen LogP contribution >= 0.6 is 15.9 Å². The number of rotatable bonds is 6. The maximum absolute atomic E-state index is 13.3. The molecular formula is C28H27BrN2O4. The Morgan fingerprint density at radius 2 is 1.74 bits per heavy atom. The number of benzene rings is 3. The van der Waals surface area contributed by atoms with Crippen molar-refractivity contribution < 1.29 is 19.4 Å². The van der Waals surface area contributed by atoms with Crippen molar-refractivity contribution in [3.8, 4) is 5.75 Å². The number of halogens is 1. The summed E-state index contributed by atoms with van der Waals surface area (Å²) in [6.45, 7) is 2.06. The summed E-state index contributed by atoms with van der Waals surface area (Å²) in [5.41, 5.74) is 3.95. The lowest BCUT2D eigenvalue weighted by atomic mass is 9.94. The zero-order chi connectivity index (χ0) is 25.3. The first kappa shape index (κ1) is 24.5. The van der Waals surface area contributed by atoms with Crippen LogP contribution in [-0.2, 0) is 16.1 Å². The van der Waals surface area contributed by atoms with Crippen molar-refractivity contribution in [1.82, 2.24) is 4.90 Å². The van der Waals surface area contributed by atoms with E-state index in [1.807, 2.05) is 80.5 Å². The van der Waals surface area contributed by atoms with Gasteiger partial charge in [0.2, 0.25) is 0 Å². The van der Waals surface area contributed by atoms with Crippen molar-refractivity contribution in [3.05, 3.63) is 99.0 Å². The summed E-state index contributed by atoms with van der Waals surface area (Å²) >= 11 is 3.47. The van der Waals surface area contributed by atoms with Crippen LogP contribution in [0.5, 0.6) is 5.75 Å². The molecule has 0 bridgehead atoms. The van der Waals surface area contributed by atoms with Crippen LogP contribution < -0.4 is 9.64 Å². The Bertz CT molecular complexity index is 1310. The number of carbonyl (C=O) groups excluding carboxylic acids is 2. The van der Waals surface area contributed by atoms with Crippen LogP contribution in [0.3, 0.4) is 0 Å². The van der Waals surface area contributed by atoms with E-state index in [0.717, 1.165) is 26.9 Å². The molecule has 0 aliphatic carbocycles. The molecular weight excluding hydrogens is 508 g/mol. The third-order valence-corrected chi connectivity index (χ3v) is 7.12. The SMILES string of the molecule is COc1ccccc1CN1C(=O)C(=O)/C(=C(\O)c2ccc(Br)c(C)c2)C1c1ccc(N(C)C)cc1. The zero-order valence-corrected chi connectivity index (χ0v) is 21.7. The second-order valence-corrected chi connectivity index (χ2v) is 9.54. The van der Waals surface area contributed by atoms with Gasteiger partial charge in [0, 0.05) is 35.4 Å². The van der Waals surface area contributed by atoms with Gasteiger partial charge in [-0.05, 0) is 48.4 Å². The number of likely N-dealkylation sites (tertiary alicyclic amines) is 1. The average Bonchev–Trinajstić information content (AvgIpc) is 3.10. The number of carbonyl (C=O) groups is 2. The van der Waals surface area contributed by atoms with Crippen LogP contribution in [0.2, 0.25) is 0 Å². The van der Waals surface area contributed by atoms with E-state index in [2.05, 4.69) is 15.9 Å². The fourth-order valence-corrected chi connectivity index (χ4v) is 4.56. The van der Waals surface area contributed by atoms with E-state index in [1.54, 1.807) is 19.2 Å². The van der Waals surface area contributed by atoms with Crippen LogP contribution in [0.1, 0.15) is 28.3 Å². The fraction of sp³-hybridized carbons (Fsp3) is 0.214. The molecule has 4 rings (SSSR count). The predicted molar refractivity (Wildman–Crippen MR) is 140 cm³/mol. The molecule has 1 aliphatic rings. The second-order valence-electron chi connectivity index (χ2n) is 8.69. The molecule has 1 fully saturated rings. The maximum atomic E-state index is 13.3. The highest BCUT2D eigenvalue weighted by atomic mass is 79.9. The van der Waals surface area contributed by atoms with E-state index >= 15 is 0 Å². The molecule has 1 unspecified atom stereocenters. The van der Waals surface area contributed by atoms with Crippen molar-refractivity contribution in [2.24, 2.45) is 0 Å². The number of hydrogen-bond acceptors (Lipinski definition) is 5. The highest BCUT2D eigenvalue weighted by Crippen LogP contribution is 2.41. The smallest absolute Gasteiger partial charge is 0.295 e. The molecule has 0 radical (unpaired) electrons. The van der Waals surface area contributed by atoms with Crippen molar-refractivity contribution in [3.63, 3.8) is 0 Å². The highest BCUT2D eigenvalue weighted by molar-refractivity contribution is 9.10. The lowest BCUT2D eigenvalue weighted by Crippen LogP contribution is -2.29. The molecule has 0 aromatic heterocycles. The first-order valence-corrected chi connectivity index (χ1v) is 12.0. The summed E-state index contributed by atoms with van der Waals surface area (Å²) < 4.78 is 6.36. The average molecular weight is 535 g/mol. The van der Waals surface area contributed by atoms with E-state index in [-0.39, 0.29) is 17.9 Å². The normalized spacial score (nSPS) is 17.1. The van der Waals surface area contributed by atoms with Gasteiger partial charge in [0.25, 0.3) is 11.7 Å². The third kappa shape index (κ3) is 4.68. The molecule has 1 saturated heterocycles. The van der Waals surface area contributed by atoms with Crippen LogP contribution in [-0.4, -0.2) is 42.9 Å². The van der Waals surface area contributed by atoms with Crippen LogP contribution in [0.15, 0.2) is 76.8 Å². The van der Waals surface area contributed by atoms with Crippen molar-refractivity contribution in [2.75, 3.05) is 26.1 Å². The Labute approximate surface area is 213 Å². The van der Waals surface area contributed by atoms with Crippen LogP contribution in [0.25, 0.3) is 5.76 Å². The maximum Gasteiger partial charge on any atom is 0.295 e. The Balaban J connectivity index is 1.88. The van der Waals surface area contributed by atoms with Crippen LogP contribution in [0.4, 0.5) is 5.69 Å². The van der Waals surface area contributed by atoms with Gasteiger partial charge in [-0.2, -0.15) is 0 Å². The lowest BCUT2D eigenvalue weighted by molar-refractivity contribution is -0.140. The second kappa shape index (κ2) is 9.96. The van der Waals surface area contributed by atoms with Gasteiger partial charge in [0.05, 0.1) is 25.3 Å². The van der Waals surface area contributed by atoms with E-state index < -0.39 is 17.7 Å². The number of methoxy groups -OCH3 is 1. The molecule has 0 saturated carbocycles. The first-order chi connectivity index (χ1) is 16.7. The number of hydrogen-bond donors (Lipinski definition) is 1. The number of amides is 1. The van der Waals surface area contributed by atoms with Crippen molar-refractivity contribution >= 4 is 39.1 Å². The van der Waals surface area contributed by atoms with Crippen molar-refractivity contribution in [1.29, 1.82) is 0 Å². The van der Waals surface area contributed by atoms with E-state index in [1.165, 1.54) is 4.90 Å². The molecule has 3 aromatic carbocycles. The molecule has 7 heteroatoms. The number of ether oxygens (including phenoxy) is 1. The fourth-order valence-electron chi connectivity index (χ4n) is 4.31. The Morgan fingerprint density at radius 1 is 1.06 bits per heavy atom. The molecule has 35 heavy (non-hydrogen) atoms. The highest BCUT2D eigenvalue weighted by Gasteiger charge is 2.46. The Morgan fingerprint density at radius 3 is 2.37 bits per heavy atom. The summed E-state index contributed by atoms with van der Waals surface area (Å²) in [5.74, 6) is -0.935. The zero-order valence-electron chi connectivity index (χ0n) is 20.1. The van der Waals surface area contributed by atoms with E-state index in [4.69, 9.17) is 4.74 Å². The molecule has 1 amide bonds. The number of nitrogens with zero attached hydrogens (tertiary/aromatic N) is 2. The van der Waals surface area contributed by atoms with Gasteiger partial charge in [0.15, 0.2) is 0 Å². The summed E-state index contributed by atoms with van der Waals surface area (Å²) in [4.78, 5) is 30.1. The first-order valence-electron chi connectivity index (χ1n) is 11.2. The minimum absolute atomic E-state index is 0.0734. The third-order valence-electron chi connectivity index (χ3n) is 6.23. The molecule has 0 spiro atoms. The van der Waals surface area contributed by atoms with Gasteiger partial charge in [-0.15, -0.1) is 0 Å². The molecule has 1 atom stereocenters. The van der Waals surface area contributed by atoms with Gasteiger partial charge >= 0.3 is 0 Å². The number of para-hydroxylation sites is 1. The van der Waals surface area contributed by atoms with Gasteiger partial charge in [-0.1, -0.05) is 52.3 Å². The van der Waals surface area contributed by atoms with E-state index in [9.17, 15) is 14.7 Å². The van der Waals surface area contributed by atoms with Gasteiger partial charge in [0.1, 0.15) is 11.5 Å². The summed E-state index contributed by atoms with van der Waals surface area (Å²) in [6.07, 6.45) is 0. The quantitative estimate of drug-likeness (QED) is 0.258. The molecule has 180 valence electrons. The number of aliphatic hydroxyl groups is 1. The minimum atomic E-state index is -0.750. The standard InChI is InChI=1S/C28H27BrN2O4/c1-17-15-19(11-14-22(17)29)26(32)24-25(18-9-12-21(13-10-18)30(2)3)31(28(34)27(24)33)16-20-7-5-6-8-23(20)35-4/h5-15,25,32H,16H2,1-4H3/b26-24-. The topological polar surface area (TPSA) is 70.1 Å². The largest absolute Gasteiger partial charge is 0.507 e. The number of aryl methyl sites for hydroxylation is 1. The summed E-state index contributed by atoms with van der Waals surface area (Å²) in [5, 5.41) is 11.3. The number of aliphatic hydroxyl groups excluding tert-OH is 1. The molecule has 3 aromatic rings. The predicted octanol–water partition coefficient (Wildman–Crippen LogP) is 5.45. The number of Topliss-reactive ketones (excluding diaryl/α,β-unsaturated/α-hetero) is 1. The Kier molecular flexibility index (Phi) is 6.98. The Hall–Kier alpha value is -3.58. The number of anilines is 1. The van der Waals surface area contributed by atoms with Crippen molar-refractivity contribution in [2.45, 2.75) is 19.5 Å². The monoisotopic (exact) mass is 534 g/mol. The minimum Gasteiger partial charge on any atom is -0.507 e. The van der Waals surface area contributed by atoms with Gasteiger partial charge in [-0.3, -0.25) is 9.59 Å². The molecule has 1 N–H and O–H groups in total. The van der Waals surface area contributed by atoms with Crippen LogP contribution in [0, 0.1) is 6.92 Å². The van der Waals surface area contributed by atoms with Gasteiger partial charge in [-0.25, -0.2) is 0 Å². The molecule has 1 heterocycles. The van der Waals surface area contributed by atoms with Gasteiger partial charge < -0.3 is 19.6 Å². The lowest BCUT2D eigenvalue weighted by Gasteiger charge is -2.26. The number of ketones is 1. The summed E-state index contributed by atoms with van der Waals surface area (Å²) in [7, 11) is 5.46. The summed E-state index contributed by atoms with van der Waals surface area (Å²) in [6, 6.07) is 19.6. The molecule has 1 aliphatic heterocycles. The van der Waals surface area contributed by atoms with E-state index in [0.29, 0.717) is 11.3 Å².